The molecular weight excluding hydrogens is 460 g/mol. The number of carboxylic acids is 1. The van der Waals surface area contributed by atoms with Crippen LogP contribution in [0.2, 0.25) is 0 Å². The summed E-state index contributed by atoms with van der Waals surface area (Å²) < 4.78 is 30.1. The monoisotopic (exact) mass is 490 g/mol. The van der Waals surface area contributed by atoms with Crippen LogP contribution >= 0.6 is 0 Å². The highest BCUT2D eigenvalue weighted by molar-refractivity contribution is 7.91. The molecule has 0 heterocycles. The number of aliphatic carboxylic acids is 1. The molecule has 2 atom stereocenters. The SMILES string of the molecule is CC(C)C[C@H](NC(=O)OCc1ccccc1)C(=O)N[C@@H](CCS(=O)(=O)c1ccccc1)C(=O)O. The first-order valence-electron chi connectivity index (χ1n) is 10.9. The zero-order valence-corrected chi connectivity index (χ0v) is 20.0. The van der Waals surface area contributed by atoms with Gasteiger partial charge >= 0.3 is 12.1 Å². The molecule has 0 aliphatic heterocycles. The van der Waals surface area contributed by atoms with Crippen molar-refractivity contribution in [1.82, 2.24) is 10.6 Å². The van der Waals surface area contributed by atoms with Gasteiger partial charge in [0.1, 0.15) is 18.7 Å². The summed E-state index contributed by atoms with van der Waals surface area (Å²) in [6, 6.07) is 14.2. The van der Waals surface area contributed by atoms with Crippen LogP contribution in [0.5, 0.6) is 0 Å². The van der Waals surface area contributed by atoms with E-state index in [1.165, 1.54) is 12.1 Å². The number of carbonyl (C=O) groups is 3. The fourth-order valence-electron chi connectivity index (χ4n) is 3.16. The molecule has 0 radical (unpaired) electrons. The minimum absolute atomic E-state index is 0.00640. The summed E-state index contributed by atoms with van der Waals surface area (Å²) >= 11 is 0. The van der Waals surface area contributed by atoms with Gasteiger partial charge in [-0.1, -0.05) is 62.4 Å². The van der Waals surface area contributed by atoms with Crippen molar-refractivity contribution in [3.05, 3.63) is 66.2 Å². The lowest BCUT2D eigenvalue weighted by Gasteiger charge is -2.22. The molecule has 2 aromatic rings. The molecule has 2 rings (SSSR count). The van der Waals surface area contributed by atoms with Crippen molar-refractivity contribution >= 4 is 27.8 Å². The predicted octanol–water partition coefficient (Wildman–Crippen LogP) is 2.76. The molecule has 0 spiro atoms. The van der Waals surface area contributed by atoms with E-state index >= 15 is 0 Å². The fraction of sp³-hybridized carbons (Fsp3) is 0.375. The van der Waals surface area contributed by atoms with E-state index in [4.69, 9.17) is 4.74 Å². The molecule has 0 saturated carbocycles. The van der Waals surface area contributed by atoms with Crippen molar-refractivity contribution in [2.75, 3.05) is 5.75 Å². The zero-order chi connectivity index (χ0) is 25.1. The maximum Gasteiger partial charge on any atom is 0.408 e. The zero-order valence-electron chi connectivity index (χ0n) is 19.1. The highest BCUT2D eigenvalue weighted by Gasteiger charge is 2.29. The third-order valence-corrected chi connectivity index (χ3v) is 6.68. The van der Waals surface area contributed by atoms with E-state index in [1.807, 2.05) is 19.9 Å². The fourth-order valence-corrected chi connectivity index (χ4v) is 4.51. The second-order valence-corrected chi connectivity index (χ2v) is 10.3. The Bertz CT molecular complexity index is 1060. The van der Waals surface area contributed by atoms with Crippen molar-refractivity contribution in [2.45, 2.75) is 50.3 Å². The van der Waals surface area contributed by atoms with E-state index in [-0.39, 0.29) is 30.3 Å². The highest BCUT2D eigenvalue weighted by Crippen LogP contribution is 2.13. The first kappa shape index (κ1) is 26.8. The van der Waals surface area contributed by atoms with Crippen molar-refractivity contribution < 1.29 is 32.6 Å². The van der Waals surface area contributed by atoms with E-state index in [0.29, 0.717) is 0 Å². The molecule has 0 unspecified atom stereocenters. The van der Waals surface area contributed by atoms with E-state index in [1.54, 1.807) is 42.5 Å². The standard InChI is InChI=1S/C24H30N2O7S/c1-17(2)15-21(26-24(30)33-16-18-9-5-3-6-10-18)22(27)25-20(23(28)29)13-14-34(31,32)19-11-7-4-8-12-19/h3-12,17,20-21H,13-16H2,1-2H3,(H,25,27)(H,26,30)(H,28,29)/t20-,21-/m0/s1. The normalized spacial score (nSPS) is 13.0. The van der Waals surface area contributed by atoms with Crippen LogP contribution in [0.25, 0.3) is 0 Å². The topological polar surface area (TPSA) is 139 Å². The molecule has 0 saturated heterocycles. The highest BCUT2D eigenvalue weighted by atomic mass is 32.2. The lowest BCUT2D eigenvalue weighted by atomic mass is 10.0. The molecule has 0 aliphatic rings. The second kappa shape index (κ2) is 12.7. The van der Waals surface area contributed by atoms with Gasteiger partial charge in [-0.05, 0) is 36.5 Å². The van der Waals surface area contributed by atoms with Crippen LogP contribution in [0.1, 0.15) is 32.3 Å². The first-order chi connectivity index (χ1) is 16.1. The maximum atomic E-state index is 12.8. The van der Waals surface area contributed by atoms with Gasteiger partial charge in [-0.3, -0.25) is 4.79 Å². The van der Waals surface area contributed by atoms with Crippen LogP contribution in [0.15, 0.2) is 65.6 Å². The predicted molar refractivity (Wildman–Crippen MR) is 126 cm³/mol. The molecule has 0 bridgehead atoms. The van der Waals surface area contributed by atoms with E-state index < -0.39 is 45.6 Å². The third kappa shape index (κ3) is 8.86. The molecule has 0 aliphatic carbocycles. The molecule has 0 fully saturated rings. The summed E-state index contributed by atoms with van der Waals surface area (Å²) in [6.45, 7) is 3.70. The van der Waals surface area contributed by atoms with Crippen LogP contribution < -0.4 is 10.6 Å². The number of sulfone groups is 1. The number of hydrogen-bond donors (Lipinski definition) is 3. The average molecular weight is 491 g/mol. The summed E-state index contributed by atoms with van der Waals surface area (Å²) in [5.74, 6) is -2.55. The van der Waals surface area contributed by atoms with Gasteiger partial charge in [-0.15, -0.1) is 0 Å². The molecule has 3 N–H and O–H groups in total. The summed E-state index contributed by atoms with van der Waals surface area (Å²) in [4.78, 5) is 36.8. The van der Waals surface area contributed by atoms with Gasteiger partial charge in [-0.25, -0.2) is 18.0 Å². The van der Waals surface area contributed by atoms with Crippen LogP contribution in [-0.4, -0.2) is 49.3 Å². The molecule has 9 nitrogen and oxygen atoms in total. The number of alkyl carbamates (subject to hydrolysis) is 1. The van der Waals surface area contributed by atoms with Gasteiger partial charge in [-0.2, -0.15) is 0 Å². The second-order valence-electron chi connectivity index (χ2n) is 8.21. The summed E-state index contributed by atoms with van der Waals surface area (Å²) in [7, 11) is -3.72. The number of benzene rings is 2. The number of hydrogen-bond acceptors (Lipinski definition) is 6. The lowest BCUT2D eigenvalue weighted by Crippen LogP contribution is -2.52. The van der Waals surface area contributed by atoms with Gasteiger partial charge in [0.25, 0.3) is 0 Å². The largest absolute Gasteiger partial charge is 0.480 e. The Hall–Kier alpha value is -3.40. The molecular formula is C24H30N2O7S. The number of carbonyl (C=O) groups excluding carboxylic acids is 2. The maximum absolute atomic E-state index is 12.8. The molecule has 34 heavy (non-hydrogen) atoms. The Labute approximate surface area is 199 Å². The Balaban J connectivity index is 2.00. The van der Waals surface area contributed by atoms with Crippen molar-refractivity contribution in [1.29, 1.82) is 0 Å². The van der Waals surface area contributed by atoms with Gasteiger partial charge < -0.3 is 20.5 Å². The van der Waals surface area contributed by atoms with Crippen LogP contribution in [-0.2, 0) is 30.8 Å². The van der Waals surface area contributed by atoms with Crippen LogP contribution in [0.3, 0.4) is 0 Å². The third-order valence-electron chi connectivity index (χ3n) is 4.92. The number of carboxylic acid groups (broad SMARTS) is 1. The van der Waals surface area contributed by atoms with E-state index in [2.05, 4.69) is 10.6 Å². The van der Waals surface area contributed by atoms with Crippen LogP contribution in [0.4, 0.5) is 4.79 Å². The molecule has 0 aromatic heterocycles. The van der Waals surface area contributed by atoms with Crippen LogP contribution in [0, 0.1) is 5.92 Å². The minimum Gasteiger partial charge on any atom is -0.480 e. The number of nitrogens with one attached hydrogen (secondary N) is 2. The number of amides is 2. The van der Waals surface area contributed by atoms with Gasteiger partial charge in [0.15, 0.2) is 9.84 Å². The molecule has 2 aromatic carbocycles. The smallest absolute Gasteiger partial charge is 0.408 e. The lowest BCUT2D eigenvalue weighted by molar-refractivity contribution is -0.142. The summed E-state index contributed by atoms with van der Waals surface area (Å²) in [6.07, 6.45) is -0.908. The Morgan fingerprint density at radius 1 is 0.912 bits per heavy atom. The van der Waals surface area contributed by atoms with E-state index in [0.717, 1.165) is 5.56 Å². The molecule has 2 amide bonds. The molecule has 184 valence electrons. The van der Waals surface area contributed by atoms with Gasteiger partial charge in [0.05, 0.1) is 10.6 Å². The Morgan fingerprint density at radius 2 is 1.50 bits per heavy atom. The first-order valence-corrected chi connectivity index (χ1v) is 12.5. The average Bonchev–Trinajstić information content (AvgIpc) is 2.80. The van der Waals surface area contributed by atoms with Crippen molar-refractivity contribution in [3.8, 4) is 0 Å². The molecule has 10 heteroatoms. The minimum atomic E-state index is -3.72. The number of rotatable bonds is 12. The Kier molecular flexibility index (Phi) is 10.1. The Morgan fingerprint density at radius 3 is 2.06 bits per heavy atom. The van der Waals surface area contributed by atoms with Gasteiger partial charge in [0, 0.05) is 0 Å². The van der Waals surface area contributed by atoms with Gasteiger partial charge in [0.2, 0.25) is 5.91 Å². The number of ether oxygens (including phenoxy) is 1. The van der Waals surface area contributed by atoms with Crippen molar-refractivity contribution in [2.24, 2.45) is 5.92 Å². The van der Waals surface area contributed by atoms with E-state index in [9.17, 15) is 27.9 Å². The van der Waals surface area contributed by atoms with Crippen molar-refractivity contribution in [3.63, 3.8) is 0 Å². The quantitative estimate of drug-likeness (QED) is 0.416. The summed E-state index contributed by atoms with van der Waals surface area (Å²) in [5.41, 5.74) is 0.771. The summed E-state index contributed by atoms with van der Waals surface area (Å²) in [5, 5.41) is 14.4.